The molecule has 0 spiro atoms. The van der Waals surface area contributed by atoms with Gasteiger partial charge < -0.3 is 0 Å². The van der Waals surface area contributed by atoms with Crippen LogP contribution in [-0.4, -0.2) is 75.7 Å². The van der Waals surface area contributed by atoms with Crippen LogP contribution in [0.25, 0.3) is 22.8 Å². The molecule has 5 rings (SSSR count). The van der Waals surface area contributed by atoms with Crippen molar-refractivity contribution in [3.63, 3.8) is 0 Å². The summed E-state index contributed by atoms with van der Waals surface area (Å²) in [6.07, 6.45) is 1.92. The number of anilines is 1. The molecule has 7 nitrogen and oxygen atoms in total. The molecule has 8 heteroatoms. The molecule has 0 atom stereocenters. The SMILES string of the molecule is Cc1[se]c(/C=C2\C(=O)Nc3cc(-c4ccc(O)cc4)ccc32)cc1C(=O)NCCN1CCOCC1. The van der Waals surface area contributed by atoms with E-state index in [2.05, 4.69) is 15.5 Å². The summed E-state index contributed by atoms with van der Waals surface area (Å²) in [4.78, 5) is 27.8. The number of morpholine rings is 1. The van der Waals surface area contributed by atoms with Gasteiger partial charge in [-0.15, -0.1) is 0 Å². The maximum atomic E-state index is 12.8. The molecule has 1 aromatic heterocycles. The van der Waals surface area contributed by atoms with E-state index in [0.29, 0.717) is 17.7 Å². The Labute approximate surface area is 210 Å². The van der Waals surface area contributed by atoms with Crippen LogP contribution in [0.2, 0.25) is 0 Å². The Morgan fingerprint density at radius 3 is 2.66 bits per heavy atom. The van der Waals surface area contributed by atoms with Crippen molar-refractivity contribution in [3.8, 4) is 16.9 Å². The van der Waals surface area contributed by atoms with Crippen LogP contribution in [0.15, 0.2) is 48.5 Å². The molecule has 0 aliphatic carbocycles. The number of carbonyl (C=O) groups excluding carboxylic acids is 2. The molecule has 35 heavy (non-hydrogen) atoms. The van der Waals surface area contributed by atoms with Crippen LogP contribution in [-0.2, 0) is 9.53 Å². The van der Waals surface area contributed by atoms with E-state index in [0.717, 1.165) is 64.1 Å². The molecule has 1 saturated heterocycles. The Morgan fingerprint density at radius 2 is 1.89 bits per heavy atom. The van der Waals surface area contributed by atoms with Gasteiger partial charge >= 0.3 is 210 Å². The molecule has 2 amide bonds. The van der Waals surface area contributed by atoms with Gasteiger partial charge in [-0.3, -0.25) is 0 Å². The topological polar surface area (TPSA) is 90.9 Å². The Morgan fingerprint density at radius 1 is 1.14 bits per heavy atom. The van der Waals surface area contributed by atoms with E-state index in [-0.39, 0.29) is 32.1 Å². The number of phenolic OH excluding ortho intramolecular Hbond substituents is 1. The van der Waals surface area contributed by atoms with Gasteiger partial charge in [-0.1, -0.05) is 0 Å². The van der Waals surface area contributed by atoms with Crippen molar-refractivity contribution in [3.05, 3.63) is 68.5 Å². The van der Waals surface area contributed by atoms with Gasteiger partial charge in [-0.05, 0) is 0 Å². The van der Waals surface area contributed by atoms with Gasteiger partial charge in [0.05, 0.1) is 0 Å². The number of amides is 2. The molecule has 3 N–H and O–H groups in total. The summed E-state index contributed by atoms with van der Waals surface area (Å²) >= 11 is -0.00109. The molecule has 1 fully saturated rings. The van der Waals surface area contributed by atoms with Crippen LogP contribution in [0.5, 0.6) is 5.75 Å². The number of ether oxygens (including phenoxy) is 1. The molecule has 0 bridgehead atoms. The number of benzene rings is 2. The number of hydrogen-bond donors (Lipinski definition) is 3. The minimum atomic E-state index is -0.138. The molecule has 3 heterocycles. The first-order chi connectivity index (χ1) is 17.0. The van der Waals surface area contributed by atoms with Crippen molar-refractivity contribution in [2.75, 3.05) is 44.7 Å². The van der Waals surface area contributed by atoms with Gasteiger partial charge in [-0.2, -0.15) is 0 Å². The standard InChI is InChI=1S/C27H27N3O4Se/c1-17-23(26(32)28-8-9-30-10-12-34-13-11-30)15-21(35-17)16-24-22-7-4-19(14-25(22)29-27(24)33)18-2-5-20(31)6-3-18/h2-7,14-16,31H,8-13H2,1H3,(H,28,32)(H,29,33)/b24-16-. The van der Waals surface area contributed by atoms with Crippen molar-refractivity contribution < 1.29 is 19.4 Å². The minimum absolute atomic E-state index is 0.00109. The van der Waals surface area contributed by atoms with E-state index in [4.69, 9.17) is 4.74 Å². The molecule has 0 unspecified atom stereocenters. The number of carbonyl (C=O) groups is 2. The summed E-state index contributed by atoms with van der Waals surface area (Å²) in [7, 11) is 0. The normalized spacial score (nSPS) is 16.8. The summed E-state index contributed by atoms with van der Waals surface area (Å²) in [5, 5.41) is 15.5. The number of aryl methyl sites for hydroxylation is 1. The Bertz CT molecular complexity index is 1290. The molecule has 2 aliphatic heterocycles. The monoisotopic (exact) mass is 537 g/mol. The second kappa shape index (κ2) is 10.2. The molecule has 2 aromatic carbocycles. The summed E-state index contributed by atoms with van der Waals surface area (Å²) in [6, 6.07) is 14.8. The van der Waals surface area contributed by atoms with Crippen molar-refractivity contribution in [2.24, 2.45) is 0 Å². The predicted molar refractivity (Wildman–Crippen MR) is 138 cm³/mol. The summed E-state index contributed by atoms with van der Waals surface area (Å²) in [5.74, 6) is 0.0238. The fourth-order valence-electron chi connectivity index (χ4n) is 4.36. The van der Waals surface area contributed by atoms with Gasteiger partial charge in [0.15, 0.2) is 0 Å². The van der Waals surface area contributed by atoms with Crippen molar-refractivity contribution in [1.29, 1.82) is 0 Å². The van der Waals surface area contributed by atoms with Crippen LogP contribution < -0.4 is 10.6 Å². The van der Waals surface area contributed by atoms with E-state index in [1.54, 1.807) is 12.1 Å². The van der Waals surface area contributed by atoms with Crippen molar-refractivity contribution >= 4 is 43.7 Å². The Balaban J connectivity index is 1.30. The summed E-state index contributed by atoms with van der Waals surface area (Å²) in [6.45, 7) is 6.71. The molecule has 0 radical (unpaired) electrons. The van der Waals surface area contributed by atoms with Crippen LogP contribution in [0.4, 0.5) is 5.69 Å². The number of nitrogens with zero attached hydrogens (tertiary/aromatic N) is 1. The van der Waals surface area contributed by atoms with Crippen LogP contribution in [0.3, 0.4) is 0 Å². The average molecular weight is 536 g/mol. The summed E-state index contributed by atoms with van der Waals surface area (Å²) < 4.78 is 7.44. The maximum absolute atomic E-state index is 12.8. The fraction of sp³-hybridized carbons (Fsp3) is 0.259. The molecule has 3 aromatic rings. The van der Waals surface area contributed by atoms with Crippen molar-refractivity contribution in [2.45, 2.75) is 6.92 Å². The summed E-state index contributed by atoms with van der Waals surface area (Å²) in [5.41, 5.74) is 4.87. The van der Waals surface area contributed by atoms with Crippen LogP contribution in [0.1, 0.15) is 24.8 Å². The van der Waals surface area contributed by atoms with Gasteiger partial charge in [-0.25, -0.2) is 0 Å². The average Bonchev–Trinajstić information content (AvgIpc) is 3.38. The fourth-order valence-corrected chi connectivity index (χ4v) is 6.40. The van der Waals surface area contributed by atoms with Gasteiger partial charge in [0.1, 0.15) is 0 Å². The number of rotatable bonds is 6. The second-order valence-electron chi connectivity index (χ2n) is 8.65. The quantitative estimate of drug-likeness (QED) is 0.333. The third-order valence-electron chi connectivity index (χ3n) is 6.29. The van der Waals surface area contributed by atoms with Gasteiger partial charge in [0.2, 0.25) is 0 Å². The van der Waals surface area contributed by atoms with E-state index in [9.17, 15) is 14.7 Å². The van der Waals surface area contributed by atoms with E-state index in [1.807, 2.05) is 49.4 Å². The van der Waals surface area contributed by atoms with Crippen LogP contribution in [0, 0.1) is 6.92 Å². The Kier molecular flexibility index (Phi) is 6.88. The van der Waals surface area contributed by atoms with Gasteiger partial charge in [0.25, 0.3) is 0 Å². The first kappa shape index (κ1) is 23.6. The zero-order valence-electron chi connectivity index (χ0n) is 19.5. The zero-order chi connectivity index (χ0) is 24.4. The van der Waals surface area contributed by atoms with E-state index < -0.39 is 0 Å². The second-order valence-corrected chi connectivity index (χ2v) is 11.4. The Hall–Kier alpha value is -3.16. The predicted octanol–water partition coefficient (Wildman–Crippen LogP) is 2.98. The molecule has 180 valence electrons. The number of phenols is 1. The molecular formula is C27H27N3O4Se. The number of fused-ring (bicyclic) bond motifs is 1. The third-order valence-corrected chi connectivity index (χ3v) is 8.38. The van der Waals surface area contributed by atoms with Crippen LogP contribution >= 0.6 is 0 Å². The zero-order valence-corrected chi connectivity index (χ0v) is 21.2. The third kappa shape index (κ3) is 5.26. The van der Waals surface area contributed by atoms with Gasteiger partial charge in [0, 0.05) is 0 Å². The molecule has 0 saturated carbocycles. The number of hydrogen-bond acceptors (Lipinski definition) is 5. The first-order valence-electron chi connectivity index (χ1n) is 11.6. The molecular weight excluding hydrogens is 509 g/mol. The van der Waals surface area contributed by atoms with E-state index in [1.165, 1.54) is 0 Å². The van der Waals surface area contributed by atoms with Crippen molar-refractivity contribution in [1.82, 2.24) is 10.2 Å². The molecule has 2 aliphatic rings. The van der Waals surface area contributed by atoms with E-state index >= 15 is 0 Å². The number of nitrogens with one attached hydrogen (secondary N) is 2. The number of aromatic hydroxyl groups is 1. The first-order valence-corrected chi connectivity index (χ1v) is 13.3.